The molecule has 0 unspecified atom stereocenters. The normalized spacial score (nSPS) is 14.7. The van der Waals surface area contributed by atoms with Gasteiger partial charge in [-0.3, -0.25) is 4.79 Å². The highest BCUT2D eigenvalue weighted by molar-refractivity contribution is 7.98. The number of thioether (sulfide) groups is 1. The van der Waals surface area contributed by atoms with Crippen LogP contribution >= 0.6 is 11.8 Å². The molecule has 1 aromatic heterocycles. The Balaban J connectivity index is 2.33. The average molecular weight is 295 g/mol. The largest absolute Gasteiger partial charge is 0.310 e. The fourth-order valence-electron chi connectivity index (χ4n) is 2.51. The van der Waals surface area contributed by atoms with Gasteiger partial charge in [0, 0.05) is 23.0 Å². The maximum Gasteiger partial charge on any atom is 0.228 e. The van der Waals surface area contributed by atoms with E-state index in [1.807, 2.05) is 16.4 Å². The molecule has 2 heterocycles. The van der Waals surface area contributed by atoms with E-state index in [0.717, 1.165) is 35.9 Å². The SMILES string of the molecule is CCC(CC)C(=O)Nc1c2c(nn1C(C)(C)C)CSC2. The van der Waals surface area contributed by atoms with Crippen molar-refractivity contribution >= 4 is 23.5 Å². The number of nitrogens with one attached hydrogen (secondary N) is 1. The molecule has 20 heavy (non-hydrogen) atoms. The highest BCUT2D eigenvalue weighted by Gasteiger charge is 2.29. The lowest BCUT2D eigenvalue weighted by atomic mass is 10.0. The summed E-state index contributed by atoms with van der Waals surface area (Å²) in [4.78, 5) is 12.4. The lowest BCUT2D eigenvalue weighted by Gasteiger charge is -2.24. The number of amides is 1. The van der Waals surface area contributed by atoms with Crippen molar-refractivity contribution in [1.82, 2.24) is 9.78 Å². The van der Waals surface area contributed by atoms with Gasteiger partial charge in [-0.25, -0.2) is 4.68 Å². The number of carbonyl (C=O) groups excluding carboxylic acids is 1. The molecule has 1 amide bonds. The third-order valence-electron chi connectivity index (χ3n) is 3.79. The Kier molecular flexibility index (Phi) is 4.47. The molecular weight excluding hydrogens is 270 g/mol. The highest BCUT2D eigenvalue weighted by atomic mass is 32.2. The zero-order valence-corrected chi connectivity index (χ0v) is 13.9. The van der Waals surface area contributed by atoms with Crippen LogP contribution in [0.25, 0.3) is 0 Å². The number of hydrogen-bond acceptors (Lipinski definition) is 3. The molecule has 0 atom stereocenters. The van der Waals surface area contributed by atoms with E-state index in [1.54, 1.807) is 0 Å². The summed E-state index contributed by atoms with van der Waals surface area (Å²) in [7, 11) is 0. The number of carbonyl (C=O) groups is 1. The summed E-state index contributed by atoms with van der Waals surface area (Å²) in [5, 5.41) is 7.85. The van der Waals surface area contributed by atoms with Gasteiger partial charge in [0.05, 0.1) is 11.2 Å². The van der Waals surface area contributed by atoms with Crippen molar-refractivity contribution in [2.45, 2.75) is 64.5 Å². The lowest BCUT2D eigenvalue weighted by molar-refractivity contribution is -0.120. The fraction of sp³-hybridized carbons (Fsp3) is 0.733. The van der Waals surface area contributed by atoms with Gasteiger partial charge >= 0.3 is 0 Å². The molecule has 1 N–H and O–H groups in total. The van der Waals surface area contributed by atoms with Crippen LogP contribution in [-0.4, -0.2) is 15.7 Å². The molecule has 2 rings (SSSR count). The lowest BCUT2D eigenvalue weighted by Crippen LogP contribution is -2.29. The van der Waals surface area contributed by atoms with Crippen LogP contribution < -0.4 is 5.32 Å². The van der Waals surface area contributed by atoms with Crippen LogP contribution in [0.1, 0.15) is 58.7 Å². The van der Waals surface area contributed by atoms with Gasteiger partial charge in [-0.15, -0.1) is 0 Å². The number of fused-ring (bicyclic) bond motifs is 1. The summed E-state index contributed by atoms with van der Waals surface area (Å²) in [6.45, 7) is 10.5. The van der Waals surface area contributed by atoms with E-state index in [1.165, 1.54) is 5.56 Å². The molecule has 0 aromatic carbocycles. The number of aromatic nitrogens is 2. The quantitative estimate of drug-likeness (QED) is 0.920. The van der Waals surface area contributed by atoms with E-state index < -0.39 is 0 Å². The molecule has 0 saturated carbocycles. The van der Waals surface area contributed by atoms with Crippen LogP contribution in [0.2, 0.25) is 0 Å². The molecular formula is C15H25N3OS. The van der Waals surface area contributed by atoms with E-state index in [9.17, 15) is 4.79 Å². The van der Waals surface area contributed by atoms with Gasteiger partial charge in [0.2, 0.25) is 5.91 Å². The molecule has 4 nitrogen and oxygen atoms in total. The Morgan fingerprint density at radius 2 is 2.00 bits per heavy atom. The Hall–Kier alpha value is -0.970. The fourth-order valence-corrected chi connectivity index (χ4v) is 3.54. The predicted molar refractivity (Wildman–Crippen MR) is 84.9 cm³/mol. The summed E-state index contributed by atoms with van der Waals surface area (Å²) in [5.74, 6) is 3.02. The minimum absolute atomic E-state index is 0.0861. The summed E-state index contributed by atoms with van der Waals surface area (Å²) >= 11 is 1.86. The second-order valence-corrected chi connectivity index (χ2v) is 7.34. The van der Waals surface area contributed by atoms with Crippen molar-refractivity contribution < 1.29 is 4.79 Å². The molecule has 5 heteroatoms. The number of nitrogens with zero attached hydrogens (tertiary/aromatic N) is 2. The van der Waals surface area contributed by atoms with Gasteiger partial charge < -0.3 is 5.32 Å². The van der Waals surface area contributed by atoms with Crippen molar-refractivity contribution in [2.24, 2.45) is 5.92 Å². The first-order valence-corrected chi connectivity index (χ1v) is 8.53. The first-order chi connectivity index (χ1) is 9.38. The van der Waals surface area contributed by atoms with Gasteiger partial charge in [-0.1, -0.05) is 13.8 Å². The van der Waals surface area contributed by atoms with Crippen LogP contribution in [0.4, 0.5) is 5.82 Å². The second kappa shape index (κ2) is 5.80. The monoisotopic (exact) mass is 295 g/mol. The molecule has 1 aromatic rings. The Morgan fingerprint density at radius 3 is 2.55 bits per heavy atom. The van der Waals surface area contributed by atoms with E-state index in [4.69, 9.17) is 5.10 Å². The maximum atomic E-state index is 12.4. The minimum Gasteiger partial charge on any atom is -0.310 e. The van der Waals surface area contributed by atoms with Gasteiger partial charge in [-0.2, -0.15) is 16.9 Å². The van der Waals surface area contributed by atoms with Crippen molar-refractivity contribution in [3.05, 3.63) is 11.3 Å². The first kappa shape index (κ1) is 15.4. The number of rotatable bonds is 4. The third kappa shape index (κ3) is 2.87. The number of hydrogen-bond donors (Lipinski definition) is 1. The van der Waals surface area contributed by atoms with Crippen LogP contribution in [0, 0.1) is 5.92 Å². The Bertz CT molecular complexity index is 498. The molecule has 112 valence electrons. The minimum atomic E-state index is -0.119. The molecule has 0 fully saturated rings. The van der Waals surface area contributed by atoms with E-state index in [0.29, 0.717) is 0 Å². The third-order valence-corrected chi connectivity index (χ3v) is 4.76. The molecule has 0 spiro atoms. The van der Waals surface area contributed by atoms with Crippen molar-refractivity contribution in [3.8, 4) is 0 Å². The topological polar surface area (TPSA) is 46.9 Å². The maximum absolute atomic E-state index is 12.4. The molecule has 0 aliphatic carbocycles. The molecule has 0 bridgehead atoms. The van der Waals surface area contributed by atoms with Gasteiger partial charge in [0.1, 0.15) is 5.82 Å². The van der Waals surface area contributed by atoms with Crippen molar-refractivity contribution in [2.75, 3.05) is 5.32 Å². The average Bonchev–Trinajstić information content (AvgIpc) is 2.92. The van der Waals surface area contributed by atoms with Crippen molar-refractivity contribution in [1.29, 1.82) is 0 Å². The van der Waals surface area contributed by atoms with E-state index in [-0.39, 0.29) is 17.4 Å². The van der Waals surface area contributed by atoms with Gasteiger partial charge in [0.25, 0.3) is 0 Å². The van der Waals surface area contributed by atoms with Crippen LogP contribution in [-0.2, 0) is 21.8 Å². The summed E-state index contributed by atoms with van der Waals surface area (Å²) in [5.41, 5.74) is 2.22. The van der Waals surface area contributed by atoms with E-state index >= 15 is 0 Å². The second-order valence-electron chi connectivity index (χ2n) is 6.35. The zero-order valence-electron chi connectivity index (χ0n) is 13.1. The first-order valence-electron chi connectivity index (χ1n) is 7.38. The highest BCUT2D eigenvalue weighted by Crippen LogP contribution is 2.37. The summed E-state index contributed by atoms with van der Waals surface area (Å²) < 4.78 is 1.98. The zero-order chi connectivity index (χ0) is 14.9. The smallest absolute Gasteiger partial charge is 0.228 e. The van der Waals surface area contributed by atoms with Gasteiger partial charge in [-0.05, 0) is 33.6 Å². The predicted octanol–water partition coefficient (Wildman–Crippen LogP) is 3.76. The molecule has 1 aliphatic rings. The van der Waals surface area contributed by atoms with Crippen molar-refractivity contribution in [3.63, 3.8) is 0 Å². The van der Waals surface area contributed by atoms with Crippen LogP contribution in [0.5, 0.6) is 0 Å². The molecule has 0 radical (unpaired) electrons. The van der Waals surface area contributed by atoms with Crippen LogP contribution in [0.3, 0.4) is 0 Å². The summed E-state index contributed by atoms with van der Waals surface area (Å²) in [6, 6.07) is 0. The van der Waals surface area contributed by atoms with E-state index in [2.05, 4.69) is 39.9 Å². The standard InChI is InChI=1S/C15H25N3OS/c1-6-10(7-2)14(19)16-13-11-8-20-9-12(11)17-18(13)15(3,4)5/h10H,6-9H2,1-5H3,(H,16,19). The van der Waals surface area contributed by atoms with Crippen LogP contribution in [0.15, 0.2) is 0 Å². The molecule has 0 saturated heterocycles. The Morgan fingerprint density at radius 1 is 1.35 bits per heavy atom. The number of anilines is 1. The molecule has 1 aliphatic heterocycles. The summed E-state index contributed by atoms with van der Waals surface area (Å²) in [6.07, 6.45) is 1.76. The van der Waals surface area contributed by atoms with Gasteiger partial charge in [0.15, 0.2) is 0 Å². The Labute approximate surface area is 125 Å².